The van der Waals surface area contributed by atoms with E-state index in [-0.39, 0.29) is 10.0 Å². The Morgan fingerprint density at radius 2 is 1.34 bits per heavy atom. The van der Waals surface area contributed by atoms with Gasteiger partial charge in [-0.15, -0.1) is 0 Å². The second-order valence-electron chi connectivity index (χ2n) is 7.38. The van der Waals surface area contributed by atoms with Crippen LogP contribution in [0.5, 0.6) is 0 Å². The van der Waals surface area contributed by atoms with Gasteiger partial charge in [-0.2, -0.15) is 30.7 Å². The summed E-state index contributed by atoms with van der Waals surface area (Å²) in [5.41, 5.74) is -1.93. The molecule has 2 nitrogen and oxygen atoms in total. The molecule has 0 N–H and O–H groups in total. The molecule has 3 rings (SSSR count). The van der Waals surface area contributed by atoms with Crippen LogP contribution >= 0.6 is 31.9 Å². The maximum absolute atomic E-state index is 14.6. The van der Waals surface area contributed by atoms with E-state index in [4.69, 9.17) is 0 Å². The number of hydrogen-bond donors (Lipinski definition) is 0. The number of alkyl halides is 8. The van der Waals surface area contributed by atoms with Crippen LogP contribution in [0.3, 0.4) is 0 Å². The number of rotatable bonds is 5. The van der Waals surface area contributed by atoms with Crippen molar-refractivity contribution >= 4 is 47.3 Å². The Morgan fingerprint density at radius 3 is 1.86 bits per heavy atom. The van der Waals surface area contributed by atoms with Crippen molar-refractivity contribution in [2.24, 2.45) is 0 Å². The molecule has 2 aromatic rings. The molecule has 0 aliphatic heterocycles. The summed E-state index contributed by atoms with van der Waals surface area (Å²) in [6.07, 6.45) is -7.03. The third-order valence-corrected chi connectivity index (χ3v) is 8.55. The van der Waals surface area contributed by atoms with Crippen LogP contribution in [0.25, 0.3) is 5.57 Å². The zero-order valence-corrected chi connectivity index (χ0v) is 20.8. The van der Waals surface area contributed by atoms with Crippen molar-refractivity contribution in [3.63, 3.8) is 0 Å². The number of benzene rings is 2. The molecule has 1 aliphatic carbocycles. The minimum atomic E-state index is -7.02. The van der Waals surface area contributed by atoms with Crippen molar-refractivity contribution < 1.29 is 47.9 Å². The number of hydrogen-bond acceptors (Lipinski definition) is 2. The van der Waals surface area contributed by atoms with Crippen LogP contribution in [0, 0.1) is 11.6 Å². The van der Waals surface area contributed by atoms with E-state index in [0.717, 1.165) is 36.4 Å². The van der Waals surface area contributed by atoms with Gasteiger partial charge in [0.25, 0.3) is 9.84 Å². The summed E-state index contributed by atoms with van der Waals surface area (Å²) in [7, 11) is -6.89. The molecule has 1 aliphatic rings. The lowest BCUT2D eigenvalue weighted by molar-refractivity contribution is -0.331. The number of allylic oxidation sites excluding steroid dienone is 3. The quantitative estimate of drug-likeness (QED) is 0.242. The maximum Gasteiger partial charge on any atom is 0.461 e. The minimum Gasteiger partial charge on any atom is -0.217 e. The van der Waals surface area contributed by atoms with Crippen LogP contribution in [0.2, 0.25) is 0 Å². The van der Waals surface area contributed by atoms with Gasteiger partial charge in [0.1, 0.15) is 11.6 Å². The summed E-state index contributed by atoms with van der Waals surface area (Å²) in [5, 5.41) is -6.71. The highest BCUT2D eigenvalue weighted by atomic mass is 79.9. The molecule has 0 saturated heterocycles. The normalized spacial score (nSPS) is 20.1. The Kier molecular flexibility index (Phi) is 7.10. The Labute approximate surface area is 209 Å². The Morgan fingerprint density at radius 1 is 0.829 bits per heavy atom. The predicted octanol–water partition coefficient (Wildman–Crippen LogP) is 7.85. The summed E-state index contributed by atoms with van der Waals surface area (Å²) in [5.74, 6) is -9.17. The predicted molar refractivity (Wildman–Crippen MR) is 117 cm³/mol. The second kappa shape index (κ2) is 8.94. The summed E-state index contributed by atoms with van der Waals surface area (Å²) < 4.78 is 148. The highest BCUT2D eigenvalue weighted by Crippen LogP contribution is 2.56. The third kappa shape index (κ3) is 4.45. The summed E-state index contributed by atoms with van der Waals surface area (Å²) >= 11 is 5.92. The lowest BCUT2D eigenvalue weighted by atomic mass is 9.87. The van der Waals surface area contributed by atoms with E-state index in [2.05, 4.69) is 31.9 Å². The molecule has 0 bridgehead atoms. The molecule has 1 unspecified atom stereocenters. The molecule has 35 heavy (non-hydrogen) atoms. The first-order chi connectivity index (χ1) is 15.9. The molecule has 0 spiro atoms. The Hall–Kier alpha value is -1.80. The lowest BCUT2D eigenvalue weighted by Crippen LogP contribution is -2.56. The molecule has 2 aromatic carbocycles. The van der Waals surface area contributed by atoms with Crippen molar-refractivity contribution in [3.8, 4) is 0 Å². The van der Waals surface area contributed by atoms with Gasteiger partial charge in [-0.1, -0.05) is 68.3 Å². The molecule has 1 atom stereocenters. The van der Waals surface area contributed by atoms with Crippen molar-refractivity contribution in [1.82, 2.24) is 0 Å². The van der Waals surface area contributed by atoms with Crippen LogP contribution in [0.1, 0.15) is 17.5 Å². The molecule has 14 heteroatoms. The van der Waals surface area contributed by atoms with Gasteiger partial charge in [0.05, 0.1) is 9.23 Å². The first-order valence-corrected chi connectivity index (χ1v) is 12.3. The summed E-state index contributed by atoms with van der Waals surface area (Å²) in [6.45, 7) is 0. The SMILES string of the molecule is O=S(=O)(C1=CC(Br)(c2ccccc2F)CC(Br)=C1c1ccccc1F)C(F)(F)C(F)(F)C(F)(F)F. The van der Waals surface area contributed by atoms with E-state index < -0.39 is 65.6 Å². The van der Waals surface area contributed by atoms with Crippen molar-refractivity contribution in [1.29, 1.82) is 0 Å². The third-order valence-electron chi connectivity index (χ3n) is 5.10. The highest BCUT2D eigenvalue weighted by Gasteiger charge is 2.79. The molecule has 190 valence electrons. The second-order valence-corrected chi connectivity index (χ2v) is 11.7. The van der Waals surface area contributed by atoms with E-state index in [1.807, 2.05) is 0 Å². The summed E-state index contributed by atoms with van der Waals surface area (Å²) in [4.78, 5) is -1.75. The van der Waals surface area contributed by atoms with Crippen molar-refractivity contribution in [2.75, 3.05) is 0 Å². The van der Waals surface area contributed by atoms with Gasteiger partial charge in [0, 0.05) is 27.6 Å². The largest absolute Gasteiger partial charge is 0.461 e. The fraction of sp³-hybridized carbons (Fsp3) is 0.238. The molecule has 0 radical (unpaired) electrons. The minimum absolute atomic E-state index is 0.344. The van der Waals surface area contributed by atoms with E-state index in [1.165, 1.54) is 12.1 Å². The highest BCUT2D eigenvalue weighted by molar-refractivity contribution is 9.12. The van der Waals surface area contributed by atoms with Gasteiger partial charge in [-0.05, 0) is 18.2 Å². The van der Waals surface area contributed by atoms with Gasteiger partial charge in [-0.25, -0.2) is 17.2 Å². The van der Waals surface area contributed by atoms with Crippen molar-refractivity contribution in [3.05, 3.63) is 86.8 Å². The maximum atomic E-state index is 14.6. The van der Waals surface area contributed by atoms with Gasteiger partial charge < -0.3 is 0 Å². The lowest BCUT2D eigenvalue weighted by Gasteiger charge is -2.35. The van der Waals surface area contributed by atoms with E-state index in [9.17, 15) is 47.9 Å². The molecule has 0 amide bonds. The van der Waals surface area contributed by atoms with Crippen LogP contribution in [-0.4, -0.2) is 25.8 Å². The average Bonchev–Trinajstić information content (AvgIpc) is 2.73. The fourth-order valence-electron chi connectivity index (χ4n) is 3.38. The van der Waals surface area contributed by atoms with Crippen LogP contribution in [-0.2, 0) is 14.2 Å². The Bertz CT molecular complexity index is 1330. The molecule has 0 fully saturated rings. The molecule has 0 aromatic heterocycles. The molecular weight excluding hydrogens is 647 g/mol. The standard InChI is InChI=1S/C21H11Br2F9O2S/c22-13-9-18(23,12-6-2-4-8-15(12)25)10-16(17(13)11-5-1-3-7-14(11)24)35(33,34)21(31,32)19(26,27)20(28,29)30/h1-8,10H,9H2. The zero-order chi connectivity index (χ0) is 26.6. The monoisotopic (exact) mass is 656 g/mol. The summed E-state index contributed by atoms with van der Waals surface area (Å²) in [6, 6.07) is 8.59. The van der Waals surface area contributed by atoms with E-state index in [1.54, 1.807) is 0 Å². The van der Waals surface area contributed by atoms with E-state index in [0.29, 0.717) is 6.08 Å². The number of halogens is 11. The van der Waals surface area contributed by atoms with E-state index >= 15 is 0 Å². The molecular formula is C21H11Br2F9O2S. The van der Waals surface area contributed by atoms with Gasteiger partial charge in [0.15, 0.2) is 0 Å². The van der Waals surface area contributed by atoms with Crippen molar-refractivity contribution in [2.45, 2.75) is 28.1 Å². The van der Waals surface area contributed by atoms with Crippen LogP contribution < -0.4 is 0 Å². The van der Waals surface area contributed by atoms with Crippen LogP contribution in [0.4, 0.5) is 39.5 Å². The van der Waals surface area contributed by atoms with Crippen LogP contribution in [0.15, 0.2) is 64.0 Å². The molecule has 0 heterocycles. The topological polar surface area (TPSA) is 34.1 Å². The number of sulfone groups is 1. The van der Waals surface area contributed by atoms with Gasteiger partial charge in [-0.3, -0.25) is 0 Å². The first-order valence-electron chi connectivity index (χ1n) is 9.26. The smallest absolute Gasteiger partial charge is 0.217 e. The Balaban J connectivity index is 2.39. The van der Waals surface area contributed by atoms with Gasteiger partial charge >= 0.3 is 17.4 Å². The fourth-order valence-corrected chi connectivity index (χ4v) is 7.32. The first kappa shape index (κ1) is 27.8. The zero-order valence-electron chi connectivity index (χ0n) is 16.8. The average molecular weight is 658 g/mol. The van der Waals surface area contributed by atoms with Gasteiger partial charge in [0.2, 0.25) is 0 Å². The molecule has 0 saturated carbocycles.